The van der Waals surface area contributed by atoms with E-state index in [2.05, 4.69) is 12.6 Å². The fourth-order valence-corrected chi connectivity index (χ4v) is 1.72. The summed E-state index contributed by atoms with van der Waals surface area (Å²) < 4.78 is 15.3. The third kappa shape index (κ3) is 2.09. The van der Waals surface area contributed by atoms with Crippen molar-refractivity contribution in [1.82, 2.24) is 0 Å². The first-order chi connectivity index (χ1) is 7.19. The van der Waals surface area contributed by atoms with Crippen LogP contribution < -0.4 is 0 Å². The van der Waals surface area contributed by atoms with Gasteiger partial charge in [0.15, 0.2) is 0 Å². The lowest BCUT2D eigenvalue weighted by Gasteiger charge is -2.23. The molecular weight excluding hydrogens is 216 g/mol. The van der Waals surface area contributed by atoms with Gasteiger partial charge in [0.25, 0.3) is 0 Å². The smallest absolute Gasteiger partial charge is 0.139 e. The van der Waals surface area contributed by atoms with Gasteiger partial charge in [0.2, 0.25) is 0 Å². The van der Waals surface area contributed by atoms with E-state index in [-0.39, 0.29) is 5.57 Å². The third-order valence-corrected chi connectivity index (χ3v) is 2.53. The maximum absolute atomic E-state index is 10.8. The zero-order valence-corrected chi connectivity index (χ0v) is 9.63. The molecule has 15 heavy (non-hydrogen) atoms. The van der Waals surface area contributed by atoms with Gasteiger partial charge in [-0.15, -0.1) is 12.6 Å². The fourth-order valence-electron chi connectivity index (χ4n) is 1.33. The topological polar surface area (TPSA) is 44.8 Å². The summed E-state index contributed by atoms with van der Waals surface area (Å²) in [5.41, 5.74) is 0.283. The van der Waals surface area contributed by atoms with Crippen LogP contribution in [0.2, 0.25) is 0 Å². The molecule has 1 unspecified atom stereocenters. The SMILES string of the molecule is COC1=CC(OC)=C(S)C(OC)C1=C=O. The molecule has 0 radical (unpaired) electrons. The molecule has 1 rings (SSSR count). The number of rotatable bonds is 3. The summed E-state index contributed by atoms with van der Waals surface area (Å²) in [6.45, 7) is 0. The van der Waals surface area contributed by atoms with Crippen molar-refractivity contribution in [3.63, 3.8) is 0 Å². The minimum Gasteiger partial charge on any atom is -0.496 e. The number of ether oxygens (including phenoxy) is 3. The van der Waals surface area contributed by atoms with Gasteiger partial charge in [-0.25, -0.2) is 4.79 Å². The van der Waals surface area contributed by atoms with Crippen molar-refractivity contribution in [3.05, 3.63) is 28.1 Å². The zero-order chi connectivity index (χ0) is 11.4. The van der Waals surface area contributed by atoms with Gasteiger partial charge in [-0.1, -0.05) is 0 Å². The minimum absolute atomic E-state index is 0.283. The normalized spacial score (nSPS) is 20.9. The van der Waals surface area contributed by atoms with E-state index >= 15 is 0 Å². The Balaban J connectivity index is 3.26. The molecule has 0 N–H and O–H groups in total. The second-order valence-electron chi connectivity index (χ2n) is 2.80. The maximum atomic E-state index is 10.8. The average Bonchev–Trinajstić information content (AvgIpc) is 2.28. The van der Waals surface area contributed by atoms with Crippen molar-refractivity contribution in [2.45, 2.75) is 6.10 Å². The molecule has 82 valence electrons. The minimum atomic E-state index is -0.583. The van der Waals surface area contributed by atoms with Gasteiger partial charge in [0.1, 0.15) is 29.1 Å². The van der Waals surface area contributed by atoms with Gasteiger partial charge in [0.05, 0.1) is 19.1 Å². The highest BCUT2D eigenvalue weighted by atomic mass is 32.1. The maximum Gasteiger partial charge on any atom is 0.139 e. The third-order valence-electron chi connectivity index (χ3n) is 2.08. The Morgan fingerprint density at radius 3 is 2.40 bits per heavy atom. The van der Waals surface area contributed by atoms with Crippen molar-refractivity contribution in [3.8, 4) is 0 Å². The Morgan fingerprint density at radius 1 is 1.33 bits per heavy atom. The summed E-state index contributed by atoms with van der Waals surface area (Å²) >= 11 is 4.23. The van der Waals surface area contributed by atoms with Gasteiger partial charge in [-0.05, 0) is 0 Å². The molecule has 0 saturated carbocycles. The predicted octanol–water partition coefficient (Wildman–Crippen LogP) is 1.09. The molecule has 0 saturated heterocycles. The first-order valence-electron chi connectivity index (χ1n) is 4.20. The van der Waals surface area contributed by atoms with Crippen LogP contribution in [0.4, 0.5) is 0 Å². The lowest BCUT2D eigenvalue weighted by molar-refractivity contribution is 0.148. The number of carbonyl (C=O) groups excluding carboxylic acids is 1. The highest BCUT2D eigenvalue weighted by molar-refractivity contribution is 7.84. The second-order valence-corrected chi connectivity index (χ2v) is 3.28. The van der Waals surface area contributed by atoms with Crippen LogP contribution >= 0.6 is 12.6 Å². The Kier molecular flexibility index (Phi) is 4.03. The van der Waals surface area contributed by atoms with Crippen molar-refractivity contribution < 1.29 is 19.0 Å². The molecule has 1 atom stereocenters. The molecule has 1 aliphatic rings. The highest BCUT2D eigenvalue weighted by Crippen LogP contribution is 2.32. The number of methoxy groups -OCH3 is 3. The quantitative estimate of drug-likeness (QED) is 0.580. The molecule has 0 bridgehead atoms. The zero-order valence-electron chi connectivity index (χ0n) is 8.73. The molecule has 0 spiro atoms. The van der Waals surface area contributed by atoms with Crippen LogP contribution in [-0.2, 0) is 19.0 Å². The van der Waals surface area contributed by atoms with Crippen LogP contribution in [0, 0.1) is 0 Å². The summed E-state index contributed by atoms with van der Waals surface area (Å²) in [5, 5.41) is 0. The summed E-state index contributed by atoms with van der Waals surface area (Å²) in [4.78, 5) is 11.3. The van der Waals surface area contributed by atoms with Gasteiger partial charge in [0, 0.05) is 13.2 Å². The predicted molar refractivity (Wildman–Crippen MR) is 58.1 cm³/mol. The van der Waals surface area contributed by atoms with Gasteiger partial charge < -0.3 is 14.2 Å². The molecular formula is C10H12O4S. The summed E-state index contributed by atoms with van der Waals surface area (Å²) in [5.74, 6) is 2.69. The van der Waals surface area contributed by atoms with E-state index in [1.165, 1.54) is 21.3 Å². The van der Waals surface area contributed by atoms with Crippen LogP contribution in [0.1, 0.15) is 0 Å². The first kappa shape index (κ1) is 11.9. The van der Waals surface area contributed by atoms with Crippen molar-refractivity contribution >= 4 is 18.6 Å². The Hall–Kier alpha value is -1.16. The summed E-state index contributed by atoms with van der Waals surface area (Å²) in [6.07, 6.45) is 0.999. The van der Waals surface area contributed by atoms with Crippen LogP contribution in [0.5, 0.6) is 0 Å². The van der Waals surface area contributed by atoms with Crippen molar-refractivity contribution in [2.75, 3.05) is 21.3 Å². The molecule has 0 aromatic heterocycles. The lowest BCUT2D eigenvalue weighted by Crippen LogP contribution is -2.22. The summed E-state index contributed by atoms with van der Waals surface area (Å²) in [6, 6.07) is 0. The van der Waals surface area contributed by atoms with Crippen LogP contribution in [0.25, 0.3) is 0 Å². The highest BCUT2D eigenvalue weighted by Gasteiger charge is 2.29. The fraction of sp³-hybridized carbons (Fsp3) is 0.400. The van der Waals surface area contributed by atoms with Gasteiger partial charge in [-0.2, -0.15) is 0 Å². The summed E-state index contributed by atoms with van der Waals surface area (Å²) in [7, 11) is 4.45. The van der Waals surface area contributed by atoms with Crippen LogP contribution in [0.15, 0.2) is 28.1 Å². The Bertz CT molecular complexity index is 364. The van der Waals surface area contributed by atoms with E-state index in [0.717, 1.165) is 0 Å². The van der Waals surface area contributed by atoms with E-state index < -0.39 is 6.10 Å². The number of hydrogen-bond acceptors (Lipinski definition) is 5. The Morgan fingerprint density at radius 2 is 2.00 bits per heavy atom. The largest absolute Gasteiger partial charge is 0.496 e. The molecule has 0 amide bonds. The number of hydrogen-bond donors (Lipinski definition) is 1. The van der Waals surface area contributed by atoms with Gasteiger partial charge >= 0.3 is 0 Å². The molecule has 0 heterocycles. The van der Waals surface area contributed by atoms with E-state index in [1.54, 1.807) is 12.0 Å². The number of thiol groups is 1. The molecule has 4 nitrogen and oxygen atoms in total. The Labute approximate surface area is 93.6 Å². The van der Waals surface area contributed by atoms with Crippen LogP contribution in [-0.4, -0.2) is 33.4 Å². The number of allylic oxidation sites excluding steroid dienone is 1. The standard InChI is InChI=1S/C10H12O4S/c1-12-7-4-8(13-2)10(15)9(14-3)6(7)5-11/h4,9,15H,1-3H3. The van der Waals surface area contributed by atoms with Gasteiger partial charge in [-0.3, -0.25) is 0 Å². The van der Waals surface area contributed by atoms with Crippen molar-refractivity contribution in [1.29, 1.82) is 0 Å². The van der Waals surface area contributed by atoms with Crippen molar-refractivity contribution in [2.24, 2.45) is 0 Å². The van der Waals surface area contributed by atoms with Crippen LogP contribution in [0.3, 0.4) is 0 Å². The second kappa shape index (κ2) is 5.07. The molecule has 1 aliphatic carbocycles. The first-order valence-corrected chi connectivity index (χ1v) is 4.65. The van der Waals surface area contributed by atoms with E-state index in [1.807, 2.05) is 0 Å². The molecule has 0 aliphatic heterocycles. The van der Waals surface area contributed by atoms with E-state index in [0.29, 0.717) is 16.4 Å². The molecule has 0 fully saturated rings. The molecule has 0 aromatic carbocycles. The molecule has 0 aromatic rings. The van der Waals surface area contributed by atoms with E-state index in [4.69, 9.17) is 14.2 Å². The average molecular weight is 228 g/mol. The van der Waals surface area contributed by atoms with E-state index in [9.17, 15) is 4.79 Å². The molecule has 5 heteroatoms. The monoisotopic (exact) mass is 228 g/mol. The lowest BCUT2D eigenvalue weighted by atomic mass is 10.0.